The smallest absolute Gasteiger partial charge is 0.0242 e. The van der Waals surface area contributed by atoms with Gasteiger partial charge in [-0.25, -0.2) is 0 Å². The van der Waals surface area contributed by atoms with E-state index < -0.39 is 0 Å². The molecule has 0 N–H and O–H groups in total. The third kappa shape index (κ3) is 4.32. The Morgan fingerprint density at radius 2 is 2.43 bits per heavy atom. The molecular weight excluding hydrogens is 283 g/mol. The number of hydrogen-bond donors (Lipinski definition) is 0. The molecule has 14 heavy (non-hydrogen) atoms. The van der Waals surface area contributed by atoms with E-state index in [4.69, 9.17) is 0 Å². The molecule has 0 amide bonds. The van der Waals surface area contributed by atoms with Crippen LogP contribution in [0.5, 0.6) is 0 Å². The van der Waals surface area contributed by atoms with E-state index in [0.29, 0.717) is 0 Å². The summed E-state index contributed by atoms with van der Waals surface area (Å²) in [5.41, 5.74) is 1.50. The lowest BCUT2D eigenvalue weighted by molar-refractivity contribution is 0.711. The normalized spacial score (nSPS) is 17.0. The van der Waals surface area contributed by atoms with E-state index in [9.17, 15) is 0 Å². The number of unbranched alkanes of at least 4 members (excludes halogenated alkanes) is 1. The van der Waals surface area contributed by atoms with Crippen molar-refractivity contribution in [2.45, 2.75) is 45.4 Å². The van der Waals surface area contributed by atoms with E-state index >= 15 is 0 Å². The summed E-state index contributed by atoms with van der Waals surface area (Å²) in [4.78, 5) is 0. The third-order valence-electron chi connectivity index (χ3n) is 2.27. The quantitative estimate of drug-likeness (QED) is 0.516. The predicted octanol–water partition coefficient (Wildman–Crippen LogP) is 4.61. The molecule has 0 aromatic rings. The summed E-state index contributed by atoms with van der Waals surface area (Å²) in [6, 6.07) is 0. The highest BCUT2D eigenvalue weighted by Gasteiger charge is 2.05. The van der Waals surface area contributed by atoms with Crippen LogP contribution in [0.25, 0.3) is 0 Å². The zero-order valence-electron chi connectivity index (χ0n) is 8.78. The summed E-state index contributed by atoms with van der Waals surface area (Å²) < 4.78 is 1.34. The van der Waals surface area contributed by atoms with Gasteiger partial charge in [-0.1, -0.05) is 24.8 Å². The van der Waals surface area contributed by atoms with E-state index in [-0.39, 0.29) is 0 Å². The minimum Gasteiger partial charge on any atom is -0.0985 e. The van der Waals surface area contributed by atoms with Crippen LogP contribution < -0.4 is 0 Å². The van der Waals surface area contributed by atoms with Gasteiger partial charge in [-0.05, 0) is 60.3 Å². The van der Waals surface area contributed by atoms with Crippen LogP contribution in [0.3, 0.4) is 0 Å². The number of rotatable bonds is 2. The summed E-state index contributed by atoms with van der Waals surface area (Å²) in [5, 5.41) is 0. The number of allylic oxidation sites excluding steroid dienone is 4. The first-order valence-corrected chi connectivity index (χ1v) is 6.46. The van der Waals surface area contributed by atoms with Gasteiger partial charge in [0.15, 0.2) is 0 Å². The highest BCUT2D eigenvalue weighted by Crippen LogP contribution is 2.27. The minimum atomic E-state index is 1.01. The monoisotopic (exact) mass is 300 g/mol. The summed E-state index contributed by atoms with van der Waals surface area (Å²) in [5.74, 6) is 6.27. The zero-order chi connectivity index (χ0) is 10.2. The van der Waals surface area contributed by atoms with Crippen molar-refractivity contribution in [3.8, 4) is 11.8 Å². The molecule has 0 nitrogen and oxygen atoms in total. The highest BCUT2D eigenvalue weighted by atomic mass is 127. The first-order chi connectivity index (χ1) is 6.84. The van der Waals surface area contributed by atoms with Crippen LogP contribution >= 0.6 is 22.6 Å². The second-order valence-electron chi connectivity index (χ2n) is 3.54. The SMILES string of the molecule is CCCC#CC=C(I)C1=CCCCC1. The van der Waals surface area contributed by atoms with Crippen molar-refractivity contribution in [3.05, 3.63) is 21.3 Å². The third-order valence-corrected chi connectivity index (χ3v) is 3.28. The van der Waals surface area contributed by atoms with Crippen molar-refractivity contribution >= 4 is 22.6 Å². The lowest BCUT2D eigenvalue weighted by Gasteiger charge is -2.10. The fraction of sp³-hybridized carbons (Fsp3) is 0.538. The molecule has 0 aromatic carbocycles. The van der Waals surface area contributed by atoms with Crippen molar-refractivity contribution < 1.29 is 0 Å². The maximum atomic E-state index is 3.15. The van der Waals surface area contributed by atoms with Gasteiger partial charge in [-0.15, -0.1) is 0 Å². The Morgan fingerprint density at radius 1 is 1.57 bits per heavy atom. The van der Waals surface area contributed by atoms with Crippen LogP contribution in [-0.4, -0.2) is 0 Å². The molecule has 1 aliphatic rings. The molecule has 0 saturated carbocycles. The molecule has 0 aliphatic heterocycles. The van der Waals surface area contributed by atoms with Gasteiger partial charge >= 0.3 is 0 Å². The maximum absolute atomic E-state index is 3.15. The van der Waals surface area contributed by atoms with Gasteiger partial charge < -0.3 is 0 Å². The van der Waals surface area contributed by atoms with Crippen LogP contribution in [0.1, 0.15) is 45.4 Å². The lowest BCUT2D eigenvalue weighted by Crippen LogP contribution is -1.90. The van der Waals surface area contributed by atoms with Gasteiger partial charge in [-0.2, -0.15) is 0 Å². The molecule has 1 heteroatoms. The Morgan fingerprint density at radius 3 is 3.07 bits per heavy atom. The van der Waals surface area contributed by atoms with E-state index in [2.05, 4.69) is 53.5 Å². The predicted molar refractivity (Wildman–Crippen MR) is 71.3 cm³/mol. The fourth-order valence-corrected chi connectivity index (χ4v) is 2.10. The van der Waals surface area contributed by atoms with Gasteiger partial charge in [0.05, 0.1) is 0 Å². The van der Waals surface area contributed by atoms with Crippen LogP contribution in [0.2, 0.25) is 0 Å². The van der Waals surface area contributed by atoms with Crippen molar-refractivity contribution in [2.75, 3.05) is 0 Å². The molecule has 0 spiro atoms. The summed E-state index contributed by atoms with van der Waals surface area (Å²) >= 11 is 2.40. The molecule has 76 valence electrons. The second kappa shape index (κ2) is 7.11. The topological polar surface area (TPSA) is 0 Å². The summed E-state index contributed by atoms with van der Waals surface area (Å²) in [6.45, 7) is 2.16. The average molecular weight is 300 g/mol. The summed E-state index contributed by atoms with van der Waals surface area (Å²) in [6.07, 6.45) is 11.8. The van der Waals surface area contributed by atoms with Crippen molar-refractivity contribution in [3.63, 3.8) is 0 Å². The maximum Gasteiger partial charge on any atom is 0.0242 e. The van der Waals surface area contributed by atoms with Crippen LogP contribution in [-0.2, 0) is 0 Å². The Kier molecular flexibility index (Phi) is 6.02. The van der Waals surface area contributed by atoms with Gasteiger partial charge in [0.25, 0.3) is 0 Å². The lowest BCUT2D eigenvalue weighted by atomic mass is 9.99. The second-order valence-corrected chi connectivity index (χ2v) is 4.70. The van der Waals surface area contributed by atoms with E-state index in [1.54, 1.807) is 0 Å². The van der Waals surface area contributed by atoms with Crippen molar-refractivity contribution in [1.82, 2.24) is 0 Å². The van der Waals surface area contributed by atoms with Crippen molar-refractivity contribution in [2.24, 2.45) is 0 Å². The molecule has 0 fully saturated rings. The molecule has 0 aromatic heterocycles. The first kappa shape index (κ1) is 11.8. The standard InChI is InChI=1S/C13H17I/c1-2-3-4-8-11-13(14)12-9-6-5-7-10-12/h9,11H,2-3,5-7,10H2,1H3. The van der Waals surface area contributed by atoms with Crippen LogP contribution in [0.4, 0.5) is 0 Å². The molecule has 0 heterocycles. The van der Waals surface area contributed by atoms with Gasteiger partial charge in [0.2, 0.25) is 0 Å². The van der Waals surface area contributed by atoms with Gasteiger partial charge in [0.1, 0.15) is 0 Å². The van der Waals surface area contributed by atoms with Gasteiger partial charge in [-0.3, -0.25) is 0 Å². The molecule has 0 radical (unpaired) electrons. The minimum absolute atomic E-state index is 1.01. The largest absolute Gasteiger partial charge is 0.0985 e. The zero-order valence-corrected chi connectivity index (χ0v) is 10.9. The molecule has 1 rings (SSSR count). The van der Waals surface area contributed by atoms with Crippen LogP contribution in [0, 0.1) is 11.8 Å². The molecule has 1 aliphatic carbocycles. The van der Waals surface area contributed by atoms with Gasteiger partial charge in [0, 0.05) is 16.1 Å². The van der Waals surface area contributed by atoms with E-state index in [0.717, 1.165) is 12.8 Å². The van der Waals surface area contributed by atoms with E-state index in [1.165, 1.54) is 34.8 Å². The first-order valence-electron chi connectivity index (χ1n) is 5.38. The Bertz CT molecular complexity index is 286. The van der Waals surface area contributed by atoms with Crippen molar-refractivity contribution in [1.29, 1.82) is 0 Å². The fourth-order valence-electron chi connectivity index (χ4n) is 1.46. The number of hydrogen-bond acceptors (Lipinski definition) is 0. The number of halogens is 1. The van der Waals surface area contributed by atoms with Crippen LogP contribution in [0.15, 0.2) is 21.3 Å². The Balaban J connectivity index is 2.51. The molecule has 0 atom stereocenters. The Hall–Kier alpha value is -0.230. The Labute approximate surface area is 101 Å². The molecule has 0 bridgehead atoms. The average Bonchev–Trinajstić information content (AvgIpc) is 2.25. The summed E-state index contributed by atoms with van der Waals surface area (Å²) in [7, 11) is 0. The molecule has 0 unspecified atom stereocenters. The molecule has 0 saturated heterocycles. The highest BCUT2D eigenvalue weighted by molar-refractivity contribution is 14.1. The van der Waals surface area contributed by atoms with E-state index in [1.807, 2.05) is 0 Å². The molecular formula is C13H17I.